The van der Waals surface area contributed by atoms with Crippen LogP contribution in [0.1, 0.15) is 47.4 Å². The molecule has 3 N–H and O–H groups in total. The van der Waals surface area contributed by atoms with Gasteiger partial charge in [0.2, 0.25) is 0 Å². The highest BCUT2D eigenvalue weighted by Crippen LogP contribution is 2.38. The summed E-state index contributed by atoms with van der Waals surface area (Å²) in [5, 5.41) is 23.3. The van der Waals surface area contributed by atoms with E-state index < -0.39 is 21.4 Å². The monoisotopic (exact) mass is 565 g/mol. The van der Waals surface area contributed by atoms with Crippen molar-refractivity contribution in [1.29, 1.82) is 0 Å². The molecule has 0 saturated carbocycles. The number of hydrogen-bond donors (Lipinski definition) is 3. The maximum absolute atomic E-state index is 11.7. The summed E-state index contributed by atoms with van der Waals surface area (Å²) in [7, 11) is -3.06. The molecule has 0 radical (unpaired) electrons. The van der Waals surface area contributed by atoms with Crippen LogP contribution in [-0.4, -0.2) is 54.9 Å². The van der Waals surface area contributed by atoms with E-state index in [0.717, 1.165) is 44.8 Å². The molecule has 1 atom stereocenters. The lowest BCUT2D eigenvalue weighted by Gasteiger charge is -2.31. The summed E-state index contributed by atoms with van der Waals surface area (Å²) >= 11 is 0. The minimum Gasteiger partial charge on any atom is -0.493 e. The number of carbonyl (C=O) groups is 1. The molecule has 3 aromatic rings. The molecule has 0 aliphatic carbocycles. The van der Waals surface area contributed by atoms with Crippen molar-refractivity contribution in [2.24, 2.45) is 0 Å². The van der Waals surface area contributed by atoms with E-state index in [4.69, 9.17) is 14.6 Å². The van der Waals surface area contributed by atoms with Gasteiger partial charge in [0.15, 0.2) is 9.84 Å². The number of carboxylic acid groups (broad SMARTS) is 1. The summed E-state index contributed by atoms with van der Waals surface area (Å²) in [6.45, 7) is 5.13. The number of aliphatic hydroxyl groups is 1. The molecule has 0 aromatic heterocycles. The third-order valence-corrected chi connectivity index (χ3v) is 9.45. The Balaban J connectivity index is 1.24. The van der Waals surface area contributed by atoms with Crippen molar-refractivity contribution in [2.45, 2.75) is 51.2 Å². The van der Waals surface area contributed by atoms with Crippen LogP contribution in [0.3, 0.4) is 0 Å². The second kappa shape index (κ2) is 11.1. The summed E-state index contributed by atoms with van der Waals surface area (Å²) in [6.07, 6.45) is 0.443. The molecule has 2 aliphatic rings. The fourth-order valence-electron chi connectivity index (χ4n) is 5.55. The van der Waals surface area contributed by atoms with Gasteiger partial charge in [-0.25, -0.2) is 8.42 Å². The van der Waals surface area contributed by atoms with Gasteiger partial charge in [-0.05, 0) is 78.8 Å². The van der Waals surface area contributed by atoms with E-state index in [0.29, 0.717) is 18.9 Å². The van der Waals surface area contributed by atoms with Crippen LogP contribution in [0, 0.1) is 13.8 Å². The Labute approximate surface area is 234 Å². The van der Waals surface area contributed by atoms with Crippen molar-refractivity contribution < 1.29 is 32.9 Å². The summed E-state index contributed by atoms with van der Waals surface area (Å²) in [5.74, 6) is 0.429. The van der Waals surface area contributed by atoms with E-state index in [1.54, 1.807) is 0 Å². The summed E-state index contributed by atoms with van der Waals surface area (Å²) in [4.78, 5) is 11.1. The number of sulfone groups is 1. The smallest absolute Gasteiger partial charge is 0.304 e. The first-order valence-corrected chi connectivity index (χ1v) is 15.3. The molecule has 5 rings (SSSR count). The van der Waals surface area contributed by atoms with Gasteiger partial charge in [-0.2, -0.15) is 0 Å². The highest BCUT2D eigenvalue weighted by Gasteiger charge is 2.36. The van der Waals surface area contributed by atoms with E-state index >= 15 is 0 Å². The highest BCUT2D eigenvalue weighted by atomic mass is 32.2. The molecule has 1 saturated heterocycles. The number of nitrogens with one attached hydrogen (secondary N) is 1. The molecule has 2 heterocycles. The van der Waals surface area contributed by atoms with Crippen molar-refractivity contribution in [2.75, 3.05) is 30.0 Å². The molecule has 1 unspecified atom stereocenters. The first-order chi connectivity index (χ1) is 19.0. The number of fused-ring (bicyclic) bond motifs is 1. The predicted molar refractivity (Wildman–Crippen MR) is 154 cm³/mol. The standard InChI is InChI=1S/C31H35NO7S/c1-20-12-26(39-19-31(35)8-10-40(36,37)11-9-31)13-21(2)30(20)23-5-3-4-22(14-23)17-32-25-6-7-27-24(15-29(33)34)18-38-28(27)16-25/h3-7,12-14,16,24,32,35H,8-11,15,17-19H2,1-2H3,(H,33,34). The zero-order valence-corrected chi connectivity index (χ0v) is 23.6. The number of ether oxygens (including phenoxy) is 2. The fraction of sp³-hybridized carbons (Fsp3) is 0.387. The number of hydrogen-bond acceptors (Lipinski definition) is 7. The van der Waals surface area contributed by atoms with E-state index in [9.17, 15) is 18.3 Å². The number of benzene rings is 3. The van der Waals surface area contributed by atoms with Crippen LogP contribution in [0.5, 0.6) is 11.5 Å². The van der Waals surface area contributed by atoms with Crippen molar-refractivity contribution in [3.05, 3.63) is 76.9 Å². The Kier molecular flexibility index (Phi) is 7.79. The van der Waals surface area contributed by atoms with Crippen LogP contribution in [0.25, 0.3) is 11.1 Å². The normalized spacial score (nSPS) is 18.9. The van der Waals surface area contributed by atoms with Gasteiger partial charge in [0.25, 0.3) is 0 Å². The van der Waals surface area contributed by atoms with Gasteiger partial charge < -0.3 is 25.0 Å². The number of rotatable bonds is 9. The zero-order valence-electron chi connectivity index (χ0n) is 22.8. The maximum atomic E-state index is 11.7. The second-order valence-corrected chi connectivity index (χ2v) is 13.3. The second-order valence-electron chi connectivity index (χ2n) is 11.0. The number of anilines is 1. The molecule has 212 valence electrons. The minimum absolute atomic E-state index is 0.0114. The lowest BCUT2D eigenvalue weighted by molar-refractivity contribution is -0.137. The Morgan fingerprint density at radius 1 is 1.07 bits per heavy atom. The summed E-state index contributed by atoms with van der Waals surface area (Å²) in [5.41, 5.74) is 6.13. The molecule has 2 aliphatic heterocycles. The van der Waals surface area contributed by atoms with Crippen LogP contribution in [0.15, 0.2) is 54.6 Å². The lowest BCUT2D eigenvalue weighted by Crippen LogP contribution is -2.43. The number of carboxylic acids is 1. The van der Waals surface area contributed by atoms with Crippen molar-refractivity contribution in [1.82, 2.24) is 0 Å². The first kappa shape index (κ1) is 28.0. The minimum atomic E-state index is -3.06. The largest absolute Gasteiger partial charge is 0.493 e. The Bertz CT molecular complexity index is 1500. The van der Waals surface area contributed by atoms with E-state index in [1.165, 1.54) is 0 Å². The third kappa shape index (κ3) is 6.42. The van der Waals surface area contributed by atoms with Gasteiger partial charge in [0.1, 0.15) is 23.7 Å². The van der Waals surface area contributed by atoms with Crippen molar-refractivity contribution in [3.8, 4) is 22.6 Å². The molecule has 40 heavy (non-hydrogen) atoms. The zero-order chi connectivity index (χ0) is 28.5. The molecule has 3 aromatic carbocycles. The van der Waals surface area contributed by atoms with Gasteiger partial charge in [-0.15, -0.1) is 0 Å². The average molecular weight is 566 g/mol. The molecule has 9 heteroatoms. The quantitative estimate of drug-likeness (QED) is 0.337. The van der Waals surface area contributed by atoms with Crippen LogP contribution in [-0.2, 0) is 21.2 Å². The van der Waals surface area contributed by atoms with E-state index in [-0.39, 0.29) is 43.3 Å². The lowest BCUT2D eigenvalue weighted by atomic mass is 9.94. The van der Waals surface area contributed by atoms with Crippen LogP contribution >= 0.6 is 0 Å². The molecule has 8 nitrogen and oxygen atoms in total. The Hall–Kier alpha value is -3.56. The van der Waals surface area contributed by atoms with Gasteiger partial charge in [0.05, 0.1) is 24.5 Å². The molecular formula is C31H35NO7S. The Morgan fingerprint density at radius 2 is 1.80 bits per heavy atom. The van der Waals surface area contributed by atoms with Crippen molar-refractivity contribution in [3.63, 3.8) is 0 Å². The Morgan fingerprint density at radius 3 is 2.50 bits per heavy atom. The van der Waals surface area contributed by atoms with E-state index in [1.807, 2.05) is 50.2 Å². The van der Waals surface area contributed by atoms with Gasteiger partial charge in [0, 0.05) is 29.8 Å². The average Bonchev–Trinajstić information content (AvgIpc) is 3.29. The molecule has 1 fully saturated rings. The highest BCUT2D eigenvalue weighted by molar-refractivity contribution is 7.91. The third-order valence-electron chi connectivity index (χ3n) is 7.80. The number of aryl methyl sites for hydroxylation is 2. The van der Waals surface area contributed by atoms with Gasteiger partial charge in [-0.3, -0.25) is 4.79 Å². The van der Waals surface area contributed by atoms with Crippen LogP contribution in [0.4, 0.5) is 5.69 Å². The van der Waals surface area contributed by atoms with Gasteiger partial charge in [-0.1, -0.05) is 24.3 Å². The van der Waals surface area contributed by atoms with Crippen LogP contribution < -0.4 is 14.8 Å². The molecule has 0 spiro atoms. The van der Waals surface area contributed by atoms with E-state index in [2.05, 4.69) is 23.5 Å². The van der Waals surface area contributed by atoms with Crippen LogP contribution in [0.2, 0.25) is 0 Å². The van der Waals surface area contributed by atoms with Gasteiger partial charge >= 0.3 is 5.97 Å². The summed E-state index contributed by atoms with van der Waals surface area (Å²) in [6, 6.07) is 18.1. The molecule has 0 bridgehead atoms. The predicted octanol–water partition coefficient (Wildman–Crippen LogP) is 4.85. The SMILES string of the molecule is Cc1cc(OCC2(O)CCS(=O)(=O)CC2)cc(C)c1-c1cccc(CNc2ccc3c(c2)OCC3CC(=O)O)c1. The summed E-state index contributed by atoms with van der Waals surface area (Å²) < 4.78 is 35.1. The topological polar surface area (TPSA) is 122 Å². The number of aliphatic carboxylic acids is 1. The molecular weight excluding hydrogens is 530 g/mol. The fourth-order valence-corrected chi connectivity index (χ4v) is 7.14. The first-order valence-electron chi connectivity index (χ1n) is 13.5. The molecule has 0 amide bonds. The maximum Gasteiger partial charge on any atom is 0.304 e. The van der Waals surface area contributed by atoms with Crippen molar-refractivity contribution >= 4 is 21.5 Å².